The molecule has 0 bridgehead atoms. The third-order valence-electron chi connectivity index (χ3n) is 4.59. The molecule has 140 valence electrons. The fraction of sp³-hybridized carbons (Fsp3) is 0.389. The summed E-state index contributed by atoms with van der Waals surface area (Å²) in [4.78, 5) is 26.8. The third kappa shape index (κ3) is 3.59. The van der Waals surface area contributed by atoms with Gasteiger partial charge in [0.25, 0.3) is 0 Å². The SMILES string of the molecule is CC(=O)N1CCO[C@H](CNc2nc(-c3cccnc3)nc3c2cnn3C)C1. The average Bonchev–Trinajstić information content (AvgIpc) is 3.08. The normalized spacial score (nSPS) is 17.3. The first-order valence-corrected chi connectivity index (χ1v) is 8.83. The maximum Gasteiger partial charge on any atom is 0.219 e. The van der Waals surface area contributed by atoms with Crippen molar-refractivity contribution >= 4 is 22.8 Å². The molecule has 1 saturated heterocycles. The van der Waals surface area contributed by atoms with Crippen molar-refractivity contribution in [2.45, 2.75) is 13.0 Å². The van der Waals surface area contributed by atoms with Crippen LogP contribution >= 0.6 is 0 Å². The van der Waals surface area contributed by atoms with Crippen LogP contribution in [0, 0.1) is 0 Å². The third-order valence-corrected chi connectivity index (χ3v) is 4.59. The number of nitrogens with zero attached hydrogens (tertiary/aromatic N) is 6. The first kappa shape index (κ1) is 17.3. The van der Waals surface area contributed by atoms with Crippen LogP contribution in [0.15, 0.2) is 30.7 Å². The Balaban J connectivity index is 1.60. The predicted octanol–water partition coefficient (Wildman–Crippen LogP) is 1.08. The topological polar surface area (TPSA) is 98.1 Å². The van der Waals surface area contributed by atoms with Gasteiger partial charge in [0.2, 0.25) is 5.91 Å². The molecule has 3 aromatic heterocycles. The zero-order valence-corrected chi connectivity index (χ0v) is 15.3. The van der Waals surface area contributed by atoms with Crippen LogP contribution in [-0.2, 0) is 16.6 Å². The highest BCUT2D eigenvalue weighted by atomic mass is 16.5. The lowest BCUT2D eigenvalue weighted by Gasteiger charge is -2.32. The van der Waals surface area contributed by atoms with Gasteiger partial charge in [0.05, 0.1) is 24.3 Å². The summed E-state index contributed by atoms with van der Waals surface area (Å²) in [6, 6.07) is 3.77. The Morgan fingerprint density at radius 2 is 2.26 bits per heavy atom. The van der Waals surface area contributed by atoms with Crippen molar-refractivity contribution in [3.63, 3.8) is 0 Å². The minimum absolute atomic E-state index is 0.0684. The molecule has 1 fully saturated rings. The van der Waals surface area contributed by atoms with Gasteiger partial charge in [0, 0.05) is 51.6 Å². The van der Waals surface area contributed by atoms with E-state index in [0.717, 1.165) is 16.6 Å². The van der Waals surface area contributed by atoms with E-state index >= 15 is 0 Å². The fourth-order valence-electron chi connectivity index (χ4n) is 3.12. The highest BCUT2D eigenvalue weighted by molar-refractivity contribution is 5.88. The van der Waals surface area contributed by atoms with E-state index in [1.54, 1.807) is 35.1 Å². The lowest BCUT2D eigenvalue weighted by molar-refractivity contribution is -0.135. The summed E-state index contributed by atoms with van der Waals surface area (Å²) in [7, 11) is 1.85. The molecule has 4 heterocycles. The summed E-state index contributed by atoms with van der Waals surface area (Å²) >= 11 is 0. The Hall–Kier alpha value is -3.07. The summed E-state index contributed by atoms with van der Waals surface area (Å²) < 4.78 is 7.50. The molecule has 1 atom stereocenters. The monoisotopic (exact) mass is 367 g/mol. The number of hydrogen-bond acceptors (Lipinski definition) is 7. The van der Waals surface area contributed by atoms with Gasteiger partial charge in [-0.25, -0.2) is 9.97 Å². The smallest absolute Gasteiger partial charge is 0.219 e. The van der Waals surface area contributed by atoms with Gasteiger partial charge < -0.3 is 15.0 Å². The Bertz CT molecular complexity index is 957. The number of ether oxygens (including phenoxy) is 1. The molecule has 1 aliphatic heterocycles. The molecule has 3 aromatic rings. The van der Waals surface area contributed by atoms with Gasteiger partial charge in [0.1, 0.15) is 5.82 Å². The number of carbonyl (C=O) groups is 1. The number of morpholine rings is 1. The number of aromatic nitrogens is 5. The molecular weight excluding hydrogens is 346 g/mol. The lowest BCUT2D eigenvalue weighted by atomic mass is 10.2. The van der Waals surface area contributed by atoms with Crippen molar-refractivity contribution in [1.29, 1.82) is 0 Å². The van der Waals surface area contributed by atoms with Crippen molar-refractivity contribution in [3.05, 3.63) is 30.7 Å². The number of amides is 1. The highest BCUT2D eigenvalue weighted by Gasteiger charge is 2.22. The van der Waals surface area contributed by atoms with Crippen molar-refractivity contribution in [2.24, 2.45) is 7.05 Å². The Morgan fingerprint density at radius 1 is 1.37 bits per heavy atom. The number of carbonyl (C=O) groups excluding carboxylic acids is 1. The molecule has 0 aromatic carbocycles. The zero-order valence-electron chi connectivity index (χ0n) is 15.3. The number of aryl methyl sites for hydroxylation is 1. The van der Waals surface area contributed by atoms with E-state index in [1.807, 2.05) is 19.2 Å². The van der Waals surface area contributed by atoms with Crippen LogP contribution in [0.4, 0.5) is 5.82 Å². The summed E-state index contributed by atoms with van der Waals surface area (Å²) in [5.41, 5.74) is 1.57. The lowest BCUT2D eigenvalue weighted by Crippen LogP contribution is -2.47. The Morgan fingerprint density at radius 3 is 3.04 bits per heavy atom. The summed E-state index contributed by atoms with van der Waals surface area (Å²) in [6.45, 7) is 3.87. The zero-order chi connectivity index (χ0) is 18.8. The first-order valence-electron chi connectivity index (χ1n) is 8.83. The van der Waals surface area contributed by atoms with Crippen molar-refractivity contribution in [3.8, 4) is 11.4 Å². The van der Waals surface area contributed by atoms with Crippen molar-refractivity contribution in [1.82, 2.24) is 29.6 Å². The molecule has 0 saturated carbocycles. The van der Waals surface area contributed by atoms with E-state index in [-0.39, 0.29) is 12.0 Å². The Kier molecular flexibility index (Phi) is 4.68. The quantitative estimate of drug-likeness (QED) is 0.737. The number of anilines is 1. The maximum atomic E-state index is 11.6. The molecule has 27 heavy (non-hydrogen) atoms. The van der Waals surface area contributed by atoms with Crippen LogP contribution in [0.25, 0.3) is 22.4 Å². The van der Waals surface area contributed by atoms with Gasteiger partial charge in [-0.1, -0.05) is 0 Å². The van der Waals surface area contributed by atoms with Crippen LogP contribution < -0.4 is 5.32 Å². The molecule has 1 aliphatic rings. The first-order chi connectivity index (χ1) is 13.1. The maximum absolute atomic E-state index is 11.6. The average molecular weight is 367 g/mol. The van der Waals surface area contributed by atoms with Gasteiger partial charge in [-0.3, -0.25) is 14.5 Å². The van der Waals surface area contributed by atoms with E-state index in [4.69, 9.17) is 4.74 Å². The molecule has 9 nitrogen and oxygen atoms in total. The van der Waals surface area contributed by atoms with E-state index in [1.165, 1.54) is 0 Å². The summed E-state index contributed by atoms with van der Waals surface area (Å²) in [5.74, 6) is 1.34. The molecule has 1 amide bonds. The number of nitrogens with one attached hydrogen (secondary N) is 1. The number of rotatable bonds is 4. The molecule has 0 aliphatic carbocycles. The van der Waals surface area contributed by atoms with Crippen LogP contribution in [0.2, 0.25) is 0 Å². The minimum atomic E-state index is -0.0915. The second-order valence-corrected chi connectivity index (χ2v) is 6.48. The second kappa shape index (κ2) is 7.28. The van der Waals surface area contributed by atoms with E-state index < -0.39 is 0 Å². The molecule has 0 spiro atoms. The van der Waals surface area contributed by atoms with Crippen LogP contribution in [0.5, 0.6) is 0 Å². The second-order valence-electron chi connectivity index (χ2n) is 6.48. The molecule has 1 N–H and O–H groups in total. The van der Waals surface area contributed by atoms with Crippen molar-refractivity contribution < 1.29 is 9.53 Å². The van der Waals surface area contributed by atoms with E-state index in [2.05, 4.69) is 25.4 Å². The molecular formula is C18H21N7O2. The largest absolute Gasteiger partial charge is 0.373 e. The molecule has 0 unspecified atom stereocenters. The van der Waals surface area contributed by atoms with Crippen LogP contribution in [0.1, 0.15) is 6.92 Å². The number of hydrogen-bond donors (Lipinski definition) is 1. The van der Waals surface area contributed by atoms with Crippen LogP contribution in [0.3, 0.4) is 0 Å². The summed E-state index contributed by atoms with van der Waals surface area (Å²) in [5, 5.41) is 8.49. The Labute approximate surface area is 156 Å². The minimum Gasteiger partial charge on any atom is -0.373 e. The molecule has 4 rings (SSSR count). The van der Waals surface area contributed by atoms with Crippen molar-refractivity contribution in [2.75, 3.05) is 31.6 Å². The predicted molar refractivity (Wildman–Crippen MR) is 100 cm³/mol. The van der Waals surface area contributed by atoms with E-state index in [9.17, 15) is 4.79 Å². The number of pyridine rings is 1. The molecule has 9 heteroatoms. The highest BCUT2D eigenvalue weighted by Crippen LogP contribution is 2.24. The van der Waals surface area contributed by atoms with Crippen LogP contribution in [-0.4, -0.2) is 67.9 Å². The number of fused-ring (bicyclic) bond motifs is 1. The van der Waals surface area contributed by atoms with Gasteiger partial charge in [-0.05, 0) is 12.1 Å². The van der Waals surface area contributed by atoms with E-state index in [0.29, 0.717) is 37.9 Å². The standard InChI is InChI=1S/C18H21N7O2/c1-12(26)25-6-7-27-14(11-25)9-20-17-15-10-21-24(2)18(15)23-16(22-17)13-4-3-5-19-8-13/h3-5,8,10,14H,6-7,9,11H2,1-2H3,(H,20,22,23)/t14-/m1/s1. The van der Waals surface area contributed by atoms with Gasteiger partial charge in [-0.2, -0.15) is 5.10 Å². The fourth-order valence-corrected chi connectivity index (χ4v) is 3.12. The van der Waals surface area contributed by atoms with Gasteiger partial charge >= 0.3 is 0 Å². The molecule has 0 radical (unpaired) electrons. The summed E-state index contributed by atoms with van der Waals surface area (Å²) in [6.07, 6.45) is 5.10. The van der Waals surface area contributed by atoms with Gasteiger partial charge in [0.15, 0.2) is 11.5 Å². The van der Waals surface area contributed by atoms with Gasteiger partial charge in [-0.15, -0.1) is 0 Å².